The quantitative estimate of drug-likeness (QED) is 0.847. The first-order valence-electron chi connectivity index (χ1n) is 8.10. The van der Waals surface area contributed by atoms with E-state index in [1.807, 2.05) is 50.5 Å². The number of amides is 1. The van der Waals surface area contributed by atoms with Crippen LogP contribution in [0.15, 0.2) is 60.7 Å². The fraction of sp³-hybridized carbons (Fsp3) is 0.350. The molecular formula is C20H26N2O. The molecule has 1 N–H and O–H groups in total. The van der Waals surface area contributed by atoms with Crippen molar-refractivity contribution in [3.05, 3.63) is 71.8 Å². The molecule has 0 aromatic heterocycles. The molecule has 2 rings (SSSR count). The van der Waals surface area contributed by atoms with Crippen LogP contribution in [-0.2, 0) is 4.79 Å². The highest BCUT2D eigenvalue weighted by Gasteiger charge is 2.17. The predicted octanol–water partition coefficient (Wildman–Crippen LogP) is 3.60. The van der Waals surface area contributed by atoms with Crippen LogP contribution < -0.4 is 5.32 Å². The van der Waals surface area contributed by atoms with Gasteiger partial charge in [-0.15, -0.1) is 0 Å². The van der Waals surface area contributed by atoms with Gasteiger partial charge >= 0.3 is 0 Å². The summed E-state index contributed by atoms with van der Waals surface area (Å²) in [5, 5.41) is 3.18. The average molecular weight is 310 g/mol. The molecule has 0 aliphatic rings. The first kappa shape index (κ1) is 17.2. The van der Waals surface area contributed by atoms with Gasteiger partial charge in [-0.3, -0.25) is 4.79 Å². The second-order valence-corrected chi connectivity index (χ2v) is 6.31. The molecule has 1 amide bonds. The zero-order valence-corrected chi connectivity index (χ0v) is 14.2. The van der Waals surface area contributed by atoms with Crippen molar-refractivity contribution in [2.24, 2.45) is 0 Å². The molecule has 0 spiro atoms. The third-order valence-corrected chi connectivity index (χ3v) is 3.95. The van der Waals surface area contributed by atoms with E-state index in [2.05, 4.69) is 41.4 Å². The smallest absolute Gasteiger partial charge is 0.221 e. The average Bonchev–Trinajstić information content (AvgIpc) is 2.55. The number of nitrogens with zero attached hydrogens (tertiary/aromatic N) is 1. The summed E-state index contributed by atoms with van der Waals surface area (Å²) in [6, 6.07) is 20.3. The lowest BCUT2D eigenvalue weighted by molar-refractivity contribution is -0.122. The lowest BCUT2D eigenvalue weighted by Gasteiger charge is -2.23. The number of nitrogens with one attached hydrogen (secondary N) is 1. The highest BCUT2D eigenvalue weighted by molar-refractivity contribution is 5.77. The summed E-state index contributed by atoms with van der Waals surface area (Å²) >= 11 is 0. The molecule has 23 heavy (non-hydrogen) atoms. The van der Waals surface area contributed by atoms with Gasteiger partial charge in [0.2, 0.25) is 5.91 Å². The maximum atomic E-state index is 12.5. The molecule has 2 aromatic rings. The van der Waals surface area contributed by atoms with Crippen LogP contribution >= 0.6 is 0 Å². The summed E-state index contributed by atoms with van der Waals surface area (Å²) < 4.78 is 0. The Labute approximate surface area is 139 Å². The number of rotatable bonds is 7. The molecule has 0 saturated heterocycles. The normalized spacial score (nSPS) is 13.6. The van der Waals surface area contributed by atoms with Crippen molar-refractivity contribution in [2.45, 2.75) is 25.3 Å². The van der Waals surface area contributed by atoms with Gasteiger partial charge in [0.25, 0.3) is 0 Å². The molecule has 0 bridgehead atoms. The third-order valence-electron chi connectivity index (χ3n) is 3.95. The first-order chi connectivity index (χ1) is 11.1. The molecule has 2 aromatic carbocycles. The molecule has 2 unspecified atom stereocenters. The Bertz CT molecular complexity index is 596. The van der Waals surface area contributed by atoms with Crippen molar-refractivity contribution >= 4 is 5.91 Å². The van der Waals surface area contributed by atoms with E-state index in [4.69, 9.17) is 0 Å². The molecule has 0 saturated carbocycles. The van der Waals surface area contributed by atoms with E-state index in [1.54, 1.807) is 0 Å². The summed E-state index contributed by atoms with van der Waals surface area (Å²) in [5.41, 5.74) is 2.34. The Morgan fingerprint density at radius 1 is 0.957 bits per heavy atom. The van der Waals surface area contributed by atoms with Crippen LogP contribution in [0.2, 0.25) is 0 Å². The van der Waals surface area contributed by atoms with Crippen LogP contribution in [0.1, 0.15) is 36.4 Å². The summed E-state index contributed by atoms with van der Waals surface area (Å²) in [6.45, 7) is 2.88. The number of hydrogen-bond acceptors (Lipinski definition) is 2. The summed E-state index contributed by atoms with van der Waals surface area (Å²) in [4.78, 5) is 14.6. The van der Waals surface area contributed by atoms with Crippen molar-refractivity contribution in [3.63, 3.8) is 0 Å². The van der Waals surface area contributed by atoms with E-state index in [9.17, 15) is 4.79 Å². The Morgan fingerprint density at radius 3 is 2.00 bits per heavy atom. The summed E-state index contributed by atoms with van der Waals surface area (Å²) in [5.74, 6) is 0.309. The van der Waals surface area contributed by atoms with Crippen LogP contribution in [-0.4, -0.2) is 31.4 Å². The predicted molar refractivity (Wildman–Crippen MR) is 95.4 cm³/mol. The van der Waals surface area contributed by atoms with Gasteiger partial charge in [0.05, 0.1) is 6.04 Å². The Kier molecular flexibility index (Phi) is 6.36. The number of hydrogen-bond donors (Lipinski definition) is 1. The zero-order chi connectivity index (χ0) is 16.7. The van der Waals surface area contributed by atoms with Gasteiger partial charge < -0.3 is 10.2 Å². The first-order valence-corrected chi connectivity index (χ1v) is 8.10. The monoisotopic (exact) mass is 310 g/mol. The van der Waals surface area contributed by atoms with Crippen LogP contribution in [0.25, 0.3) is 0 Å². The van der Waals surface area contributed by atoms with Crippen LogP contribution in [0.3, 0.4) is 0 Å². The Balaban J connectivity index is 2.00. The molecule has 2 atom stereocenters. The molecule has 3 nitrogen and oxygen atoms in total. The van der Waals surface area contributed by atoms with Crippen LogP contribution in [0, 0.1) is 0 Å². The largest absolute Gasteiger partial charge is 0.348 e. The van der Waals surface area contributed by atoms with Crippen LogP contribution in [0.4, 0.5) is 0 Å². The minimum absolute atomic E-state index is 0.0154. The van der Waals surface area contributed by atoms with E-state index in [0.29, 0.717) is 6.42 Å². The van der Waals surface area contributed by atoms with Crippen molar-refractivity contribution in [3.8, 4) is 0 Å². The lowest BCUT2D eigenvalue weighted by atomic mass is 9.97. The van der Waals surface area contributed by atoms with Gasteiger partial charge in [-0.05, 0) is 31.1 Å². The highest BCUT2D eigenvalue weighted by Crippen LogP contribution is 2.20. The molecular weight excluding hydrogens is 284 g/mol. The minimum Gasteiger partial charge on any atom is -0.348 e. The number of benzene rings is 2. The summed E-state index contributed by atoms with van der Waals surface area (Å²) in [6.07, 6.45) is 0.501. The fourth-order valence-corrected chi connectivity index (χ4v) is 2.72. The van der Waals surface area contributed by atoms with E-state index in [-0.39, 0.29) is 17.9 Å². The minimum atomic E-state index is 0.0154. The van der Waals surface area contributed by atoms with E-state index >= 15 is 0 Å². The summed E-state index contributed by atoms with van der Waals surface area (Å²) in [7, 11) is 4.05. The van der Waals surface area contributed by atoms with Gasteiger partial charge in [-0.25, -0.2) is 0 Å². The SMILES string of the molecule is CC(CC(=O)NC(CN(C)C)c1ccccc1)c1ccccc1. The maximum Gasteiger partial charge on any atom is 0.221 e. The van der Waals surface area contributed by atoms with Gasteiger partial charge in [-0.1, -0.05) is 67.6 Å². The standard InChI is InChI=1S/C20H26N2O/c1-16(17-10-6-4-7-11-17)14-20(23)21-19(15-22(2)3)18-12-8-5-9-13-18/h4-13,16,19H,14-15H2,1-3H3,(H,21,23). The fourth-order valence-electron chi connectivity index (χ4n) is 2.72. The molecule has 0 aliphatic heterocycles. The van der Waals surface area contributed by atoms with Crippen molar-refractivity contribution < 1.29 is 4.79 Å². The highest BCUT2D eigenvalue weighted by atomic mass is 16.1. The lowest BCUT2D eigenvalue weighted by Crippen LogP contribution is -2.35. The van der Waals surface area contributed by atoms with Gasteiger partial charge in [-0.2, -0.15) is 0 Å². The molecule has 0 radical (unpaired) electrons. The second kappa shape index (κ2) is 8.49. The third kappa shape index (κ3) is 5.53. The van der Waals surface area contributed by atoms with Gasteiger partial charge in [0.15, 0.2) is 0 Å². The molecule has 3 heteroatoms. The molecule has 0 heterocycles. The van der Waals surface area contributed by atoms with E-state index in [0.717, 1.165) is 12.1 Å². The molecule has 122 valence electrons. The number of carbonyl (C=O) groups excluding carboxylic acids is 1. The van der Waals surface area contributed by atoms with Crippen molar-refractivity contribution in [2.75, 3.05) is 20.6 Å². The zero-order valence-electron chi connectivity index (χ0n) is 14.2. The number of likely N-dealkylation sites (N-methyl/N-ethyl adjacent to an activating group) is 1. The molecule has 0 aliphatic carbocycles. The van der Waals surface area contributed by atoms with Gasteiger partial charge in [0.1, 0.15) is 0 Å². The van der Waals surface area contributed by atoms with Crippen molar-refractivity contribution in [1.82, 2.24) is 10.2 Å². The molecule has 0 fully saturated rings. The number of carbonyl (C=O) groups is 1. The maximum absolute atomic E-state index is 12.5. The van der Waals surface area contributed by atoms with E-state index in [1.165, 1.54) is 5.56 Å². The van der Waals surface area contributed by atoms with Crippen LogP contribution in [0.5, 0.6) is 0 Å². The van der Waals surface area contributed by atoms with Crippen molar-refractivity contribution in [1.29, 1.82) is 0 Å². The topological polar surface area (TPSA) is 32.3 Å². The Morgan fingerprint density at radius 2 is 1.48 bits per heavy atom. The van der Waals surface area contributed by atoms with Gasteiger partial charge in [0, 0.05) is 13.0 Å². The Hall–Kier alpha value is -2.13. The van der Waals surface area contributed by atoms with E-state index < -0.39 is 0 Å². The second-order valence-electron chi connectivity index (χ2n) is 6.31.